The fourth-order valence-corrected chi connectivity index (χ4v) is 3.10. The van der Waals surface area contributed by atoms with Crippen LogP contribution in [0.15, 0.2) is 30.3 Å². The largest absolute Gasteiger partial charge is 0.394 e. The summed E-state index contributed by atoms with van der Waals surface area (Å²) in [5.41, 5.74) is 6.81. The van der Waals surface area contributed by atoms with Gasteiger partial charge < -0.3 is 15.7 Å². The first-order valence-electron chi connectivity index (χ1n) is 7.35. The summed E-state index contributed by atoms with van der Waals surface area (Å²) in [5, 5.41) is 9.72. The first-order valence-corrected chi connectivity index (χ1v) is 7.35. The highest BCUT2D eigenvalue weighted by Crippen LogP contribution is 2.25. The van der Waals surface area contributed by atoms with Crippen LogP contribution in [-0.4, -0.2) is 36.2 Å². The number of nitrogens with two attached hydrogens (primary N) is 1. The molecule has 19 heavy (non-hydrogen) atoms. The Kier molecular flexibility index (Phi) is 4.97. The highest BCUT2D eigenvalue weighted by atomic mass is 16.3. The van der Waals surface area contributed by atoms with Crippen molar-refractivity contribution in [3.05, 3.63) is 35.9 Å². The zero-order valence-corrected chi connectivity index (χ0v) is 11.9. The minimum Gasteiger partial charge on any atom is -0.394 e. The molecule has 1 fully saturated rings. The fraction of sp³-hybridized carbons (Fsp3) is 0.625. The van der Waals surface area contributed by atoms with Crippen molar-refractivity contribution in [2.75, 3.05) is 26.2 Å². The Morgan fingerprint density at radius 3 is 2.74 bits per heavy atom. The maximum absolute atomic E-state index is 9.72. The van der Waals surface area contributed by atoms with Gasteiger partial charge >= 0.3 is 0 Å². The number of aliphatic hydroxyl groups excluding tert-OH is 1. The molecule has 0 saturated carbocycles. The Labute approximate surface area is 116 Å². The molecule has 3 heteroatoms. The van der Waals surface area contributed by atoms with Crippen molar-refractivity contribution >= 4 is 0 Å². The first-order chi connectivity index (χ1) is 9.18. The third-order valence-electron chi connectivity index (χ3n) is 4.20. The molecule has 0 aliphatic carbocycles. The van der Waals surface area contributed by atoms with Gasteiger partial charge in [0.1, 0.15) is 0 Å². The van der Waals surface area contributed by atoms with E-state index >= 15 is 0 Å². The molecule has 1 aliphatic rings. The van der Waals surface area contributed by atoms with Gasteiger partial charge in [-0.15, -0.1) is 0 Å². The Hall–Kier alpha value is -0.900. The van der Waals surface area contributed by atoms with Crippen molar-refractivity contribution in [2.45, 2.75) is 31.7 Å². The molecular formula is C16H26N2O. The summed E-state index contributed by atoms with van der Waals surface area (Å²) in [6.07, 6.45) is 3.83. The molecule has 3 nitrogen and oxygen atoms in total. The topological polar surface area (TPSA) is 49.5 Å². The van der Waals surface area contributed by atoms with Crippen LogP contribution in [0.4, 0.5) is 0 Å². The third-order valence-corrected chi connectivity index (χ3v) is 4.20. The van der Waals surface area contributed by atoms with Crippen LogP contribution in [-0.2, 0) is 5.54 Å². The molecule has 3 N–H and O–H groups in total. The Morgan fingerprint density at radius 2 is 2.11 bits per heavy atom. The highest BCUT2D eigenvalue weighted by molar-refractivity contribution is 5.24. The Balaban J connectivity index is 2.00. The van der Waals surface area contributed by atoms with Crippen LogP contribution in [0.1, 0.15) is 31.7 Å². The molecule has 106 valence electrons. The van der Waals surface area contributed by atoms with Crippen molar-refractivity contribution in [3.8, 4) is 0 Å². The molecule has 1 heterocycles. The van der Waals surface area contributed by atoms with Crippen LogP contribution < -0.4 is 5.73 Å². The van der Waals surface area contributed by atoms with Gasteiger partial charge in [-0.05, 0) is 30.9 Å². The van der Waals surface area contributed by atoms with E-state index in [1.54, 1.807) is 0 Å². The van der Waals surface area contributed by atoms with E-state index in [-0.39, 0.29) is 6.61 Å². The monoisotopic (exact) mass is 262 g/mol. The zero-order valence-electron chi connectivity index (χ0n) is 11.9. The lowest BCUT2D eigenvalue weighted by atomic mass is 9.91. The third kappa shape index (κ3) is 3.56. The van der Waals surface area contributed by atoms with E-state index in [1.165, 1.54) is 19.3 Å². The van der Waals surface area contributed by atoms with Crippen LogP contribution in [0.25, 0.3) is 0 Å². The van der Waals surface area contributed by atoms with E-state index < -0.39 is 5.54 Å². The van der Waals surface area contributed by atoms with Crippen molar-refractivity contribution in [1.29, 1.82) is 0 Å². The van der Waals surface area contributed by atoms with Crippen LogP contribution in [0, 0.1) is 5.92 Å². The van der Waals surface area contributed by atoms with E-state index in [9.17, 15) is 5.11 Å². The molecule has 0 aromatic heterocycles. The molecule has 0 spiro atoms. The lowest BCUT2D eigenvalue weighted by Crippen LogP contribution is -2.50. The van der Waals surface area contributed by atoms with Crippen molar-refractivity contribution in [2.24, 2.45) is 11.7 Å². The van der Waals surface area contributed by atoms with E-state index in [0.717, 1.165) is 31.1 Å². The van der Waals surface area contributed by atoms with Gasteiger partial charge in [-0.25, -0.2) is 0 Å². The van der Waals surface area contributed by atoms with Gasteiger partial charge in [0.25, 0.3) is 0 Å². The molecule has 2 atom stereocenters. The lowest BCUT2D eigenvalue weighted by Gasteiger charge is -2.32. The minimum atomic E-state index is -0.637. The summed E-state index contributed by atoms with van der Waals surface area (Å²) in [6.45, 7) is 5.21. The van der Waals surface area contributed by atoms with Crippen LogP contribution in [0.2, 0.25) is 0 Å². The number of likely N-dealkylation sites (tertiary alicyclic amines) is 1. The Bertz CT molecular complexity index is 382. The fourth-order valence-electron chi connectivity index (χ4n) is 3.10. The number of aliphatic hydroxyl groups is 1. The normalized spacial score (nSPS) is 23.4. The van der Waals surface area contributed by atoms with E-state index in [0.29, 0.717) is 0 Å². The predicted molar refractivity (Wildman–Crippen MR) is 78.8 cm³/mol. The quantitative estimate of drug-likeness (QED) is 0.824. The second kappa shape index (κ2) is 6.51. The van der Waals surface area contributed by atoms with Gasteiger partial charge in [0, 0.05) is 13.1 Å². The van der Waals surface area contributed by atoms with Crippen molar-refractivity contribution in [1.82, 2.24) is 4.90 Å². The average Bonchev–Trinajstić information content (AvgIpc) is 2.87. The van der Waals surface area contributed by atoms with Crippen LogP contribution in [0.5, 0.6) is 0 Å². The number of benzene rings is 1. The summed E-state index contributed by atoms with van der Waals surface area (Å²) in [7, 11) is 0. The Morgan fingerprint density at radius 1 is 1.37 bits per heavy atom. The molecule has 1 saturated heterocycles. The smallest absolute Gasteiger partial charge is 0.0772 e. The zero-order chi connectivity index (χ0) is 13.7. The van der Waals surface area contributed by atoms with Crippen LogP contribution in [0.3, 0.4) is 0 Å². The minimum absolute atomic E-state index is 0.00798. The number of hydrogen-bond acceptors (Lipinski definition) is 3. The van der Waals surface area contributed by atoms with E-state index in [4.69, 9.17) is 5.73 Å². The summed E-state index contributed by atoms with van der Waals surface area (Å²) in [5.74, 6) is 0.809. The van der Waals surface area contributed by atoms with Gasteiger partial charge in [-0.2, -0.15) is 0 Å². The maximum atomic E-state index is 9.72. The van der Waals surface area contributed by atoms with Gasteiger partial charge in [-0.3, -0.25) is 0 Å². The molecule has 2 rings (SSSR count). The standard InChI is InChI=1S/C16H26N2O/c1-2-6-14-9-10-18(11-14)12-16(17,13-19)15-7-4-3-5-8-15/h3-5,7-8,14,19H,2,6,9-13,17H2,1H3. The molecule has 1 aliphatic heterocycles. The summed E-state index contributed by atoms with van der Waals surface area (Å²) in [6, 6.07) is 9.97. The van der Waals surface area contributed by atoms with Gasteiger partial charge in [0.2, 0.25) is 0 Å². The maximum Gasteiger partial charge on any atom is 0.0772 e. The molecule has 0 amide bonds. The van der Waals surface area contributed by atoms with Crippen molar-refractivity contribution < 1.29 is 5.11 Å². The first kappa shape index (κ1) is 14.5. The second-order valence-electron chi connectivity index (χ2n) is 5.86. The predicted octanol–water partition coefficient (Wildman–Crippen LogP) is 1.95. The number of rotatable bonds is 6. The molecule has 1 aromatic carbocycles. The molecule has 0 bridgehead atoms. The summed E-state index contributed by atoms with van der Waals surface area (Å²) in [4.78, 5) is 2.41. The summed E-state index contributed by atoms with van der Waals surface area (Å²) >= 11 is 0. The molecule has 1 aromatic rings. The van der Waals surface area contributed by atoms with Gasteiger partial charge in [0.05, 0.1) is 12.1 Å². The average molecular weight is 262 g/mol. The van der Waals surface area contributed by atoms with Gasteiger partial charge in [0.15, 0.2) is 0 Å². The van der Waals surface area contributed by atoms with Gasteiger partial charge in [-0.1, -0.05) is 43.7 Å². The highest BCUT2D eigenvalue weighted by Gasteiger charge is 2.32. The van der Waals surface area contributed by atoms with Crippen molar-refractivity contribution in [3.63, 3.8) is 0 Å². The molecular weight excluding hydrogens is 236 g/mol. The van der Waals surface area contributed by atoms with E-state index in [2.05, 4.69) is 11.8 Å². The number of hydrogen-bond donors (Lipinski definition) is 2. The summed E-state index contributed by atoms with van der Waals surface area (Å²) < 4.78 is 0. The SMILES string of the molecule is CCCC1CCN(CC(N)(CO)c2ccccc2)C1. The number of nitrogens with zero attached hydrogens (tertiary/aromatic N) is 1. The lowest BCUT2D eigenvalue weighted by molar-refractivity contribution is 0.147. The molecule has 0 radical (unpaired) electrons. The van der Waals surface area contributed by atoms with E-state index in [1.807, 2.05) is 30.3 Å². The molecule has 2 unspecified atom stereocenters. The van der Waals surface area contributed by atoms with Crippen LogP contribution >= 0.6 is 0 Å². The second-order valence-corrected chi connectivity index (χ2v) is 5.86.